The van der Waals surface area contributed by atoms with Gasteiger partial charge in [-0.25, -0.2) is 0 Å². The molecule has 1 aliphatic rings. The summed E-state index contributed by atoms with van der Waals surface area (Å²) in [6, 6.07) is 1.84. The summed E-state index contributed by atoms with van der Waals surface area (Å²) in [6.45, 7) is 3.19. The molecule has 5 nitrogen and oxygen atoms in total. The van der Waals surface area contributed by atoms with E-state index in [1.807, 2.05) is 6.07 Å². The van der Waals surface area contributed by atoms with E-state index in [-0.39, 0.29) is 5.54 Å². The first-order valence-electron chi connectivity index (χ1n) is 6.46. The molecule has 2 aromatic heterocycles. The zero-order valence-electron chi connectivity index (χ0n) is 10.5. The summed E-state index contributed by atoms with van der Waals surface area (Å²) in [5.74, 6) is 1.31. The molecule has 3 rings (SSSR count). The lowest BCUT2D eigenvalue weighted by Crippen LogP contribution is -2.36. The molecule has 1 saturated heterocycles. The van der Waals surface area contributed by atoms with E-state index in [1.54, 1.807) is 12.5 Å². The highest BCUT2D eigenvalue weighted by Crippen LogP contribution is 2.35. The number of nitrogens with zero attached hydrogens (tertiary/aromatic N) is 2. The minimum absolute atomic E-state index is 0.121. The van der Waals surface area contributed by atoms with E-state index < -0.39 is 0 Å². The highest BCUT2D eigenvalue weighted by molar-refractivity contribution is 5.51. The predicted octanol–water partition coefficient (Wildman–Crippen LogP) is 2.71. The molecule has 1 atom stereocenters. The fraction of sp³-hybridized carbons (Fsp3) is 0.538. The van der Waals surface area contributed by atoms with Gasteiger partial charge in [0.2, 0.25) is 11.7 Å². The van der Waals surface area contributed by atoms with Gasteiger partial charge in [0.15, 0.2) is 0 Å². The fourth-order valence-electron chi connectivity index (χ4n) is 2.66. The van der Waals surface area contributed by atoms with Crippen molar-refractivity contribution in [3.05, 3.63) is 24.5 Å². The van der Waals surface area contributed by atoms with Crippen molar-refractivity contribution in [1.29, 1.82) is 0 Å². The standard InChI is InChI=1S/C13H17N3O2/c1-2-5-13(6-3-7-14-13)12-15-11(16-18-12)10-4-8-17-9-10/h4,8-9,14H,2-3,5-7H2,1H3. The molecular formula is C13H17N3O2. The van der Waals surface area contributed by atoms with Crippen LogP contribution in [0.4, 0.5) is 0 Å². The molecule has 96 valence electrons. The van der Waals surface area contributed by atoms with Crippen LogP contribution in [0.15, 0.2) is 27.5 Å². The van der Waals surface area contributed by atoms with Crippen molar-refractivity contribution in [3.63, 3.8) is 0 Å². The van der Waals surface area contributed by atoms with Crippen molar-refractivity contribution >= 4 is 0 Å². The first-order valence-corrected chi connectivity index (χ1v) is 6.46. The van der Waals surface area contributed by atoms with E-state index >= 15 is 0 Å². The van der Waals surface area contributed by atoms with Gasteiger partial charge in [-0.1, -0.05) is 18.5 Å². The summed E-state index contributed by atoms with van der Waals surface area (Å²) in [4.78, 5) is 4.53. The Balaban J connectivity index is 1.92. The van der Waals surface area contributed by atoms with Crippen LogP contribution in [-0.4, -0.2) is 16.7 Å². The first-order chi connectivity index (χ1) is 8.84. The molecule has 1 fully saturated rings. The third-order valence-corrected chi connectivity index (χ3v) is 3.54. The maximum Gasteiger partial charge on any atom is 0.247 e. The average molecular weight is 247 g/mol. The Labute approximate surface area is 106 Å². The van der Waals surface area contributed by atoms with Gasteiger partial charge in [-0.15, -0.1) is 0 Å². The number of hydrogen-bond acceptors (Lipinski definition) is 5. The van der Waals surface area contributed by atoms with E-state index in [9.17, 15) is 0 Å². The van der Waals surface area contributed by atoms with Gasteiger partial charge in [-0.2, -0.15) is 4.98 Å². The average Bonchev–Trinajstić information content (AvgIpc) is 3.11. The molecule has 0 aliphatic carbocycles. The van der Waals surface area contributed by atoms with Crippen molar-refractivity contribution in [3.8, 4) is 11.4 Å². The van der Waals surface area contributed by atoms with Gasteiger partial charge in [-0.05, 0) is 31.9 Å². The highest BCUT2D eigenvalue weighted by atomic mass is 16.5. The SMILES string of the molecule is CCCC1(c2nc(-c3ccoc3)no2)CCCN1. The van der Waals surface area contributed by atoms with E-state index in [0.29, 0.717) is 11.7 Å². The number of nitrogens with one attached hydrogen (secondary N) is 1. The number of hydrogen-bond donors (Lipinski definition) is 1. The van der Waals surface area contributed by atoms with Crippen molar-refractivity contribution in [2.45, 2.75) is 38.1 Å². The van der Waals surface area contributed by atoms with Crippen LogP contribution in [0.2, 0.25) is 0 Å². The van der Waals surface area contributed by atoms with Crippen LogP contribution >= 0.6 is 0 Å². The molecule has 3 heterocycles. The molecule has 0 spiro atoms. The van der Waals surface area contributed by atoms with Crippen molar-refractivity contribution in [1.82, 2.24) is 15.5 Å². The molecule has 5 heteroatoms. The number of rotatable bonds is 4. The molecule has 18 heavy (non-hydrogen) atoms. The summed E-state index contributed by atoms with van der Waals surface area (Å²) in [6.07, 6.45) is 7.58. The Morgan fingerprint density at radius 1 is 1.50 bits per heavy atom. The minimum atomic E-state index is -0.121. The van der Waals surface area contributed by atoms with E-state index in [0.717, 1.165) is 37.8 Å². The lowest BCUT2D eigenvalue weighted by atomic mass is 9.92. The zero-order valence-corrected chi connectivity index (χ0v) is 10.5. The summed E-state index contributed by atoms with van der Waals surface area (Å²) in [5, 5.41) is 7.57. The van der Waals surface area contributed by atoms with Crippen LogP contribution < -0.4 is 5.32 Å². The topological polar surface area (TPSA) is 64.1 Å². The van der Waals surface area contributed by atoms with Gasteiger partial charge in [-0.3, -0.25) is 0 Å². The minimum Gasteiger partial charge on any atom is -0.472 e. The van der Waals surface area contributed by atoms with E-state index in [4.69, 9.17) is 8.94 Å². The summed E-state index contributed by atoms with van der Waals surface area (Å²) < 4.78 is 10.5. The molecule has 0 bridgehead atoms. The van der Waals surface area contributed by atoms with Crippen LogP contribution in [0.25, 0.3) is 11.4 Å². The zero-order chi connectivity index (χ0) is 12.4. The monoisotopic (exact) mass is 247 g/mol. The normalized spacial score (nSPS) is 23.6. The van der Waals surface area contributed by atoms with Crippen molar-refractivity contribution in [2.75, 3.05) is 6.54 Å². The van der Waals surface area contributed by atoms with Gasteiger partial charge >= 0.3 is 0 Å². The lowest BCUT2D eigenvalue weighted by Gasteiger charge is -2.24. The van der Waals surface area contributed by atoms with E-state index in [2.05, 4.69) is 22.4 Å². The highest BCUT2D eigenvalue weighted by Gasteiger charge is 2.39. The molecule has 0 saturated carbocycles. The third-order valence-electron chi connectivity index (χ3n) is 3.54. The van der Waals surface area contributed by atoms with Crippen molar-refractivity contribution in [2.24, 2.45) is 0 Å². The van der Waals surface area contributed by atoms with E-state index in [1.165, 1.54) is 0 Å². The Kier molecular flexibility index (Phi) is 2.91. The van der Waals surface area contributed by atoms with Crippen molar-refractivity contribution < 1.29 is 8.94 Å². The van der Waals surface area contributed by atoms with Gasteiger partial charge in [0, 0.05) is 0 Å². The van der Waals surface area contributed by atoms with Crippen LogP contribution in [0.5, 0.6) is 0 Å². The molecule has 1 aliphatic heterocycles. The maximum atomic E-state index is 5.46. The fourth-order valence-corrected chi connectivity index (χ4v) is 2.66. The Morgan fingerprint density at radius 2 is 2.44 bits per heavy atom. The predicted molar refractivity (Wildman–Crippen MR) is 65.8 cm³/mol. The van der Waals surface area contributed by atoms with Crippen LogP contribution in [0.1, 0.15) is 38.5 Å². The van der Waals surface area contributed by atoms with Crippen LogP contribution in [0.3, 0.4) is 0 Å². The Hall–Kier alpha value is -1.62. The summed E-state index contributed by atoms with van der Waals surface area (Å²) in [7, 11) is 0. The second-order valence-corrected chi connectivity index (χ2v) is 4.80. The lowest BCUT2D eigenvalue weighted by molar-refractivity contribution is 0.241. The first kappa shape index (κ1) is 11.5. The van der Waals surface area contributed by atoms with Crippen LogP contribution in [0, 0.1) is 0 Å². The van der Waals surface area contributed by atoms with Crippen LogP contribution in [-0.2, 0) is 5.54 Å². The molecular weight excluding hydrogens is 230 g/mol. The quantitative estimate of drug-likeness (QED) is 0.899. The van der Waals surface area contributed by atoms with Gasteiger partial charge < -0.3 is 14.3 Å². The molecule has 1 N–H and O–H groups in total. The molecule has 0 radical (unpaired) electrons. The maximum absolute atomic E-state index is 5.46. The molecule has 1 unspecified atom stereocenters. The van der Waals surface area contributed by atoms with Gasteiger partial charge in [0.25, 0.3) is 0 Å². The number of furan rings is 1. The van der Waals surface area contributed by atoms with Gasteiger partial charge in [0.1, 0.15) is 6.26 Å². The Morgan fingerprint density at radius 3 is 3.11 bits per heavy atom. The second-order valence-electron chi connectivity index (χ2n) is 4.80. The Bertz CT molecular complexity index is 498. The number of aromatic nitrogens is 2. The molecule has 0 aromatic carbocycles. The third kappa shape index (κ3) is 1.84. The summed E-state index contributed by atoms with van der Waals surface area (Å²) in [5.41, 5.74) is 0.735. The largest absolute Gasteiger partial charge is 0.472 e. The smallest absolute Gasteiger partial charge is 0.247 e. The molecule has 2 aromatic rings. The molecule has 0 amide bonds. The second kappa shape index (κ2) is 4.57. The van der Waals surface area contributed by atoms with Gasteiger partial charge in [0.05, 0.1) is 17.4 Å². The summed E-state index contributed by atoms with van der Waals surface area (Å²) >= 11 is 0.